The number of ether oxygens (including phenoxy) is 1. The maximum Gasteiger partial charge on any atom is 0.179 e. The minimum Gasteiger partial charge on any atom is -0.457 e. The normalized spacial score (nSPS) is 12.9. The van der Waals surface area contributed by atoms with E-state index in [1.807, 2.05) is 30.3 Å². The highest BCUT2D eigenvalue weighted by Gasteiger charge is 2.45. The van der Waals surface area contributed by atoms with Crippen LogP contribution in [0.25, 0.3) is 49.7 Å². The van der Waals surface area contributed by atoms with Crippen molar-refractivity contribution in [1.29, 1.82) is 0 Å². The van der Waals surface area contributed by atoms with Gasteiger partial charge in [-0.2, -0.15) is 0 Å². The lowest BCUT2D eigenvalue weighted by Crippen LogP contribution is -2.74. The Labute approximate surface area is 365 Å². The van der Waals surface area contributed by atoms with E-state index in [1.165, 1.54) is 75.9 Å². The molecule has 298 valence electrons. The first-order valence-electron chi connectivity index (χ1n) is 22.0. The van der Waals surface area contributed by atoms with E-state index in [0.29, 0.717) is 0 Å². The molecule has 0 fully saturated rings. The van der Waals surface area contributed by atoms with Crippen LogP contribution in [0.2, 0.25) is 0 Å². The molecule has 0 N–H and O–H groups in total. The van der Waals surface area contributed by atoms with E-state index in [-0.39, 0.29) is 5.41 Å². The smallest absolute Gasteiger partial charge is 0.179 e. The Morgan fingerprint density at radius 1 is 0.403 bits per heavy atom. The number of fused-ring (bicyclic) bond motifs is 6. The van der Waals surface area contributed by atoms with Crippen LogP contribution in [-0.4, -0.2) is 12.6 Å². The summed E-state index contributed by atoms with van der Waals surface area (Å²) in [6.45, 7) is 4.78. The molecular weight excluding hydrogens is 767 g/mol. The zero-order valence-electron chi connectivity index (χ0n) is 35.1. The molecule has 0 spiro atoms. The molecule has 11 rings (SSSR count). The van der Waals surface area contributed by atoms with Crippen LogP contribution in [0.4, 0.5) is 0 Å². The number of hydrogen-bond acceptors (Lipinski definition) is 1. The first-order chi connectivity index (χ1) is 30.6. The summed E-state index contributed by atoms with van der Waals surface area (Å²) in [4.78, 5) is 0. The predicted molar refractivity (Wildman–Crippen MR) is 263 cm³/mol. The Morgan fingerprint density at radius 3 is 1.50 bits per heavy atom. The molecule has 0 atom stereocenters. The average molecular weight is 814 g/mol. The lowest BCUT2D eigenvalue weighted by molar-refractivity contribution is 0.482. The summed E-state index contributed by atoms with van der Waals surface area (Å²) in [5, 5.41) is 8.13. The molecule has 0 amide bonds. The highest BCUT2D eigenvalue weighted by Crippen LogP contribution is 2.53. The number of aromatic nitrogens is 1. The molecule has 0 radical (unpaired) electrons. The van der Waals surface area contributed by atoms with Crippen molar-refractivity contribution in [2.45, 2.75) is 32.1 Å². The third kappa shape index (κ3) is 5.91. The largest absolute Gasteiger partial charge is 0.457 e. The lowest BCUT2D eigenvalue weighted by atomic mass is 9.73. The van der Waals surface area contributed by atoms with Gasteiger partial charge in [0.15, 0.2) is 8.07 Å². The van der Waals surface area contributed by atoms with E-state index in [0.717, 1.165) is 30.0 Å². The Morgan fingerprint density at radius 2 is 0.887 bits per heavy atom. The fraction of sp³-hybridized carbons (Fsp3) is 0.0847. The molecule has 10 aromatic rings. The van der Waals surface area contributed by atoms with Gasteiger partial charge in [0.2, 0.25) is 0 Å². The average Bonchev–Trinajstić information content (AvgIpc) is 3.82. The van der Waals surface area contributed by atoms with Crippen molar-refractivity contribution >= 4 is 50.6 Å². The number of para-hydroxylation sites is 2. The van der Waals surface area contributed by atoms with E-state index >= 15 is 0 Å². The predicted octanol–water partition coefficient (Wildman–Crippen LogP) is 12.7. The van der Waals surface area contributed by atoms with Gasteiger partial charge in [0.05, 0.1) is 11.0 Å². The minimum absolute atomic E-state index is 0.114. The highest BCUT2D eigenvalue weighted by atomic mass is 28.3. The van der Waals surface area contributed by atoms with Crippen LogP contribution in [0.5, 0.6) is 11.5 Å². The summed E-state index contributed by atoms with van der Waals surface area (Å²) in [6.07, 6.45) is 2.04. The highest BCUT2D eigenvalue weighted by molar-refractivity contribution is 7.19. The van der Waals surface area contributed by atoms with Crippen LogP contribution in [-0.2, 0) is 5.41 Å². The number of benzene rings is 9. The summed E-state index contributed by atoms with van der Waals surface area (Å²) >= 11 is 0. The zero-order chi connectivity index (χ0) is 41.7. The number of rotatable bonds is 10. The molecule has 0 aliphatic heterocycles. The van der Waals surface area contributed by atoms with Crippen molar-refractivity contribution < 1.29 is 4.74 Å². The molecule has 1 heterocycles. The second-order valence-corrected chi connectivity index (χ2v) is 20.5. The van der Waals surface area contributed by atoms with Crippen molar-refractivity contribution in [3.8, 4) is 39.4 Å². The number of hydrogen-bond donors (Lipinski definition) is 0. The summed E-state index contributed by atoms with van der Waals surface area (Å²) in [5.74, 6) is 1.65. The molecule has 3 heteroatoms. The van der Waals surface area contributed by atoms with Crippen molar-refractivity contribution in [2.24, 2.45) is 0 Å². The molecule has 0 saturated heterocycles. The molecule has 1 aromatic heterocycles. The van der Waals surface area contributed by atoms with Gasteiger partial charge in [0.1, 0.15) is 11.5 Å². The second-order valence-electron chi connectivity index (χ2n) is 16.7. The molecule has 0 bridgehead atoms. The Kier molecular flexibility index (Phi) is 9.36. The molecule has 0 saturated carbocycles. The van der Waals surface area contributed by atoms with Gasteiger partial charge < -0.3 is 9.30 Å². The van der Waals surface area contributed by atoms with Gasteiger partial charge in [-0.25, -0.2) is 0 Å². The van der Waals surface area contributed by atoms with Crippen LogP contribution >= 0.6 is 0 Å². The summed E-state index contributed by atoms with van der Waals surface area (Å²) < 4.78 is 8.52. The molecule has 9 aromatic carbocycles. The van der Waals surface area contributed by atoms with Gasteiger partial charge >= 0.3 is 0 Å². The number of nitrogens with zero attached hydrogens (tertiary/aromatic N) is 1. The third-order valence-electron chi connectivity index (χ3n) is 13.7. The quantitative estimate of drug-likeness (QED) is 0.0991. The zero-order valence-corrected chi connectivity index (χ0v) is 36.1. The Bertz CT molecular complexity index is 3110. The van der Waals surface area contributed by atoms with Gasteiger partial charge in [0, 0.05) is 21.9 Å². The molecule has 2 nitrogen and oxygen atoms in total. The maximum absolute atomic E-state index is 6.14. The Hall–Kier alpha value is -7.20. The fourth-order valence-corrected chi connectivity index (χ4v) is 15.5. The molecular formula is C59H47NOSi. The van der Waals surface area contributed by atoms with E-state index < -0.39 is 8.07 Å². The maximum atomic E-state index is 6.14. The summed E-state index contributed by atoms with van der Waals surface area (Å²) in [6, 6.07) is 82.9. The first kappa shape index (κ1) is 37.8. The summed E-state index contributed by atoms with van der Waals surface area (Å²) in [7, 11) is -2.70. The van der Waals surface area contributed by atoms with Gasteiger partial charge in [-0.3, -0.25) is 0 Å². The monoisotopic (exact) mass is 813 g/mol. The first-order valence-corrected chi connectivity index (χ1v) is 24.0. The van der Waals surface area contributed by atoms with E-state index in [1.54, 1.807) is 0 Å². The second kappa shape index (κ2) is 15.4. The van der Waals surface area contributed by atoms with E-state index in [4.69, 9.17) is 4.74 Å². The van der Waals surface area contributed by atoms with E-state index in [2.05, 4.69) is 213 Å². The standard InChI is InChI=1S/C59H47NOSi/c1-3-59(4-2)55-40-43(42-30-38-58-54(39-42)53-27-17-18-28-57(53)60(58)44-31-33-46(34-32-44)61-45-19-9-5-10-20-45)29-36-51(55)52-37-35-50(41-56(52)59)62(47-21-11-6-12-22-47,48-23-13-7-14-24-48)49-25-15-8-16-26-49/h5-41H,3-4H2,1-2H3. The van der Waals surface area contributed by atoms with Crippen LogP contribution in [0.1, 0.15) is 37.8 Å². The lowest BCUT2D eigenvalue weighted by Gasteiger charge is -2.36. The van der Waals surface area contributed by atoms with E-state index in [9.17, 15) is 0 Å². The fourth-order valence-electron chi connectivity index (χ4n) is 10.7. The third-order valence-corrected chi connectivity index (χ3v) is 18.5. The Balaban J connectivity index is 1.02. The van der Waals surface area contributed by atoms with Gasteiger partial charge in [-0.05, 0) is 128 Å². The summed E-state index contributed by atoms with van der Waals surface area (Å²) in [5.41, 5.74) is 11.5. The van der Waals surface area contributed by atoms with Crippen LogP contribution in [0, 0.1) is 0 Å². The van der Waals surface area contributed by atoms with Gasteiger partial charge in [-0.1, -0.05) is 178 Å². The molecule has 0 unspecified atom stereocenters. The van der Waals surface area contributed by atoms with Crippen LogP contribution < -0.4 is 25.5 Å². The molecule has 1 aliphatic rings. The van der Waals surface area contributed by atoms with Gasteiger partial charge in [-0.15, -0.1) is 0 Å². The van der Waals surface area contributed by atoms with Crippen molar-refractivity contribution in [2.75, 3.05) is 0 Å². The molecule has 62 heavy (non-hydrogen) atoms. The van der Waals surface area contributed by atoms with Crippen LogP contribution in [0.15, 0.2) is 224 Å². The molecule has 1 aliphatic carbocycles. The van der Waals surface area contributed by atoms with Crippen molar-refractivity contribution in [1.82, 2.24) is 4.57 Å². The minimum atomic E-state index is -2.70. The SMILES string of the molecule is CCC1(CC)c2cc(-c3ccc4c(c3)c3ccccc3n4-c3ccc(Oc4ccccc4)cc3)ccc2-c2ccc([Si](c3ccccc3)(c3ccccc3)c3ccccc3)cc21. The topological polar surface area (TPSA) is 14.2 Å². The van der Waals surface area contributed by atoms with Crippen molar-refractivity contribution in [3.63, 3.8) is 0 Å². The van der Waals surface area contributed by atoms with Crippen LogP contribution in [0.3, 0.4) is 0 Å². The van der Waals surface area contributed by atoms with Gasteiger partial charge in [0.25, 0.3) is 0 Å². The van der Waals surface area contributed by atoms with Crippen molar-refractivity contribution in [3.05, 3.63) is 236 Å².